The smallest absolute Gasteiger partial charge is 0.141 e. The van der Waals surface area contributed by atoms with Crippen LogP contribution in [0.5, 0.6) is 0 Å². The highest BCUT2D eigenvalue weighted by Gasteiger charge is 2.52. The highest BCUT2D eigenvalue weighted by Crippen LogP contribution is 2.54. The molecule has 0 spiro atoms. The van der Waals surface area contributed by atoms with Gasteiger partial charge in [-0.2, -0.15) is 0 Å². The van der Waals surface area contributed by atoms with Crippen molar-refractivity contribution in [3.63, 3.8) is 0 Å². The fourth-order valence-electron chi connectivity index (χ4n) is 7.34. The van der Waals surface area contributed by atoms with E-state index in [1.807, 2.05) is 48.5 Å². The molecule has 2 heteroatoms. The molecule has 0 heterocycles. The van der Waals surface area contributed by atoms with Gasteiger partial charge in [0.25, 0.3) is 0 Å². The minimum atomic E-state index is -1.32. The molecule has 0 amide bonds. The van der Waals surface area contributed by atoms with E-state index in [0.29, 0.717) is 0 Å². The maximum absolute atomic E-state index is 12.9. The lowest BCUT2D eigenvalue weighted by Gasteiger charge is -2.46. The Hall–Kier alpha value is -3.20. The standard InChI is InChI=1S/C34H32O2/c35-33(27-21-9-13-23-11-1-3-15-25(23)27)29-17-5-7-19-31(29)34(36,32-20-8-6-18-30(32)33)28-22-10-14-24-12-2-4-16-26(24)28/h5-10,13-14,17-22,35-36H,1-4,11-12,15-16H2. The van der Waals surface area contributed by atoms with Crippen molar-refractivity contribution in [1.82, 2.24) is 0 Å². The molecule has 0 fully saturated rings. The molecule has 0 aromatic heterocycles. The molecule has 4 aromatic carbocycles. The normalized spacial score (nSPS) is 24.3. The van der Waals surface area contributed by atoms with Crippen molar-refractivity contribution >= 4 is 0 Å². The van der Waals surface area contributed by atoms with E-state index < -0.39 is 11.2 Å². The van der Waals surface area contributed by atoms with Gasteiger partial charge in [-0.15, -0.1) is 0 Å². The minimum Gasteiger partial charge on any atom is -0.376 e. The molecule has 0 aliphatic heterocycles. The maximum atomic E-state index is 12.9. The van der Waals surface area contributed by atoms with Crippen LogP contribution in [-0.2, 0) is 36.9 Å². The number of fused-ring (bicyclic) bond motifs is 4. The molecule has 3 aliphatic rings. The largest absolute Gasteiger partial charge is 0.376 e. The van der Waals surface area contributed by atoms with Gasteiger partial charge in [0.2, 0.25) is 0 Å². The molecular formula is C34H32O2. The molecule has 0 saturated carbocycles. The van der Waals surface area contributed by atoms with E-state index in [1.54, 1.807) is 0 Å². The van der Waals surface area contributed by atoms with Gasteiger partial charge in [-0.1, -0.05) is 84.9 Å². The highest BCUT2D eigenvalue weighted by molar-refractivity contribution is 5.67. The Morgan fingerprint density at radius 2 is 0.722 bits per heavy atom. The van der Waals surface area contributed by atoms with Crippen LogP contribution in [0.1, 0.15) is 81.3 Å². The predicted octanol–water partition coefficient (Wildman–Crippen LogP) is 6.33. The number of aliphatic hydroxyl groups is 2. The van der Waals surface area contributed by atoms with Crippen molar-refractivity contribution in [2.45, 2.75) is 62.6 Å². The zero-order valence-electron chi connectivity index (χ0n) is 20.6. The second-order valence-electron chi connectivity index (χ2n) is 10.8. The van der Waals surface area contributed by atoms with Gasteiger partial charge >= 0.3 is 0 Å². The van der Waals surface area contributed by atoms with E-state index in [-0.39, 0.29) is 0 Å². The summed E-state index contributed by atoms with van der Waals surface area (Å²) in [7, 11) is 0. The van der Waals surface area contributed by atoms with E-state index in [2.05, 4.69) is 36.4 Å². The number of hydrogen-bond donors (Lipinski definition) is 2. The van der Waals surface area contributed by atoms with Gasteiger partial charge in [0.15, 0.2) is 0 Å². The number of rotatable bonds is 2. The summed E-state index contributed by atoms with van der Waals surface area (Å²) >= 11 is 0. The zero-order valence-corrected chi connectivity index (χ0v) is 20.6. The van der Waals surface area contributed by atoms with Crippen LogP contribution in [0.3, 0.4) is 0 Å². The summed E-state index contributed by atoms with van der Waals surface area (Å²) in [6.45, 7) is 0. The van der Waals surface area contributed by atoms with Gasteiger partial charge in [-0.3, -0.25) is 0 Å². The van der Waals surface area contributed by atoms with Gasteiger partial charge in [0.1, 0.15) is 11.2 Å². The minimum absolute atomic E-state index is 0.790. The molecule has 36 heavy (non-hydrogen) atoms. The molecule has 3 aliphatic carbocycles. The van der Waals surface area contributed by atoms with Crippen LogP contribution < -0.4 is 0 Å². The second-order valence-corrected chi connectivity index (χ2v) is 10.8. The SMILES string of the molecule is OC1(c2cccc3c2CCCC3)c2ccccc2C(O)(c2cccc3c2CCCC3)c2ccccc21. The molecule has 180 valence electrons. The Morgan fingerprint density at radius 3 is 1.11 bits per heavy atom. The van der Waals surface area contributed by atoms with Crippen LogP contribution in [0.2, 0.25) is 0 Å². The van der Waals surface area contributed by atoms with E-state index in [0.717, 1.165) is 71.9 Å². The van der Waals surface area contributed by atoms with Gasteiger partial charge < -0.3 is 10.2 Å². The quantitative estimate of drug-likeness (QED) is 0.358. The summed E-state index contributed by atoms with van der Waals surface area (Å²) in [5, 5.41) is 25.8. The van der Waals surface area contributed by atoms with Gasteiger partial charge in [0.05, 0.1) is 0 Å². The summed E-state index contributed by atoms with van der Waals surface area (Å²) in [5.41, 5.74) is 7.70. The number of benzene rings is 4. The third-order valence-electron chi connectivity index (χ3n) is 8.98. The average Bonchev–Trinajstić information content (AvgIpc) is 2.95. The molecule has 0 bridgehead atoms. The Balaban J connectivity index is 1.56. The van der Waals surface area contributed by atoms with Crippen molar-refractivity contribution < 1.29 is 10.2 Å². The van der Waals surface area contributed by atoms with Gasteiger partial charge in [-0.05, 0) is 107 Å². The summed E-state index contributed by atoms with van der Waals surface area (Å²) < 4.78 is 0. The monoisotopic (exact) mass is 472 g/mol. The lowest BCUT2D eigenvalue weighted by molar-refractivity contribution is 0.0735. The van der Waals surface area contributed by atoms with E-state index in [1.165, 1.54) is 35.1 Å². The fraction of sp³-hybridized carbons (Fsp3) is 0.294. The first kappa shape index (κ1) is 22.0. The van der Waals surface area contributed by atoms with Crippen molar-refractivity contribution in [1.29, 1.82) is 0 Å². The molecule has 7 rings (SSSR count). The highest BCUT2D eigenvalue weighted by atomic mass is 16.3. The van der Waals surface area contributed by atoms with E-state index >= 15 is 0 Å². The van der Waals surface area contributed by atoms with E-state index in [4.69, 9.17) is 0 Å². The third kappa shape index (κ3) is 2.92. The zero-order chi connectivity index (χ0) is 24.3. The summed E-state index contributed by atoms with van der Waals surface area (Å²) in [5.74, 6) is 0. The second kappa shape index (κ2) is 8.16. The molecule has 4 aromatic rings. The number of aryl methyl sites for hydroxylation is 2. The van der Waals surface area contributed by atoms with Crippen molar-refractivity contribution in [2.24, 2.45) is 0 Å². The Morgan fingerprint density at radius 1 is 0.389 bits per heavy atom. The van der Waals surface area contributed by atoms with E-state index in [9.17, 15) is 10.2 Å². The Labute approximate surface area is 213 Å². The first-order valence-electron chi connectivity index (χ1n) is 13.5. The van der Waals surface area contributed by atoms with Crippen LogP contribution in [0.15, 0.2) is 84.9 Å². The van der Waals surface area contributed by atoms with Crippen LogP contribution >= 0.6 is 0 Å². The van der Waals surface area contributed by atoms with Gasteiger partial charge in [0, 0.05) is 0 Å². The van der Waals surface area contributed by atoms with Crippen LogP contribution in [0, 0.1) is 0 Å². The van der Waals surface area contributed by atoms with Crippen molar-refractivity contribution in [2.75, 3.05) is 0 Å². The molecule has 2 N–H and O–H groups in total. The van der Waals surface area contributed by atoms with Crippen LogP contribution in [0.4, 0.5) is 0 Å². The fourth-order valence-corrected chi connectivity index (χ4v) is 7.34. The summed E-state index contributed by atoms with van der Waals surface area (Å²) in [6, 6.07) is 28.9. The molecule has 0 unspecified atom stereocenters. The molecule has 0 radical (unpaired) electrons. The third-order valence-corrected chi connectivity index (χ3v) is 8.98. The van der Waals surface area contributed by atoms with Crippen LogP contribution in [-0.4, -0.2) is 10.2 Å². The Kier molecular flexibility index (Phi) is 4.99. The number of hydrogen-bond acceptors (Lipinski definition) is 2. The summed E-state index contributed by atoms with van der Waals surface area (Å²) in [6.07, 6.45) is 8.75. The molecular weight excluding hydrogens is 440 g/mol. The Bertz CT molecular complexity index is 1320. The molecule has 2 nitrogen and oxygen atoms in total. The molecule has 0 atom stereocenters. The van der Waals surface area contributed by atoms with Gasteiger partial charge in [-0.25, -0.2) is 0 Å². The predicted molar refractivity (Wildman–Crippen MR) is 143 cm³/mol. The summed E-state index contributed by atoms with van der Waals surface area (Å²) in [4.78, 5) is 0. The van der Waals surface area contributed by atoms with Crippen molar-refractivity contribution in [3.05, 3.63) is 141 Å². The topological polar surface area (TPSA) is 40.5 Å². The lowest BCUT2D eigenvalue weighted by Crippen LogP contribution is -2.45. The first-order chi connectivity index (χ1) is 17.6. The molecule has 0 saturated heterocycles. The maximum Gasteiger partial charge on any atom is 0.141 e. The van der Waals surface area contributed by atoms with Crippen LogP contribution in [0.25, 0.3) is 0 Å². The average molecular weight is 473 g/mol. The first-order valence-corrected chi connectivity index (χ1v) is 13.5. The van der Waals surface area contributed by atoms with Crippen molar-refractivity contribution in [3.8, 4) is 0 Å². The lowest BCUT2D eigenvalue weighted by atomic mass is 9.61.